The van der Waals surface area contributed by atoms with Crippen LogP contribution in [0.1, 0.15) is 32.6 Å². The summed E-state index contributed by atoms with van der Waals surface area (Å²) in [7, 11) is -7.98. The van der Waals surface area contributed by atoms with Crippen molar-refractivity contribution in [3.8, 4) is 5.75 Å². The molecule has 0 aliphatic rings. The number of rotatable bonds is 9. The number of nitrogens with zero attached hydrogens (tertiary/aromatic N) is 6. The highest BCUT2D eigenvalue weighted by Gasteiger charge is 2.22. The number of hydrogen-bond donors (Lipinski definition) is 4. The van der Waals surface area contributed by atoms with E-state index in [1.165, 1.54) is 12.1 Å². The molecule has 0 fully saturated rings. The molecule has 6 aromatic rings. The van der Waals surface area contributed by atoms with Crippen molar-refractivity contribution in [2.75, 3.05) is 11.1 Å². The largest absolute Gasteiger partial charge is 0.505 e. The van der Waals surface area contributed by atoms with Crippen molar-refractivity contribution in [3.05, 3.63) is 131 Å². The molecule has 0 bridgehead atoms. The van der Waals surface area contributed by atoms with Crippen LogP contribution in [0.25, 0.3) is 10.8 Å². The molecule has 16 nitrogen and oxygen atoms in total. The maximum absolute atomic E-state index is 12.7. The van der Waals surface area contributed by atoms with Gasteiger partial charge in [-0.15, -0.1) is 17.7 Å². The summed E-state index contributed by atoms with van der Waals surface area (Å²) in [6.45, 7) is 7.44. The average Bonchev–Trinajstić information content (AvgIpc) is 3.15. The molecule has 0 saturated carbocycles. The number of benzene rings is 6. The van der Waals surface area contributed by atoms with Gasteiger partial charge in [0.15, 0.2) is 5.75 Å². The Kier molecular flexibility index (Phi) is 12.7. The van der Waals surface area contributed by atoms with Crippen LogP contribution in [0.5, 0.6) is 5.75 Å². The standard InChI is InChI=1S/C39H34N8O5S.O3S/c1-22-17-33(23(2)16-32(22)43-42-29-8-6-5-7-9-29)44-45-34-18-25(4)35(19-24(34)3)46-47-37-36(53(50,51)52)21-27-20-30(14-15-31(27)38(37)48)41-39(49)26-10-12-28(40)13-11-26;1-4(2)3/h5-21,48H,40H2,1-4H3,(H,41,49)(H,50,51,52);. The Morgan fingerprint density at radius 2 is 1.12 bits per heavy atom. The average molecular weight is 807 g/mol. The quantitative estimate of drug-likeness (QED) is 0.0614. The zero-order valence-corrected chi connectivity index (χ0v) is 32.4. The molecule has 0 unspecified atom stereocenters. The lowest BCUT2D eigenvalue weighted by atomic mass is 10.1. The minimum absolute atomic E-state index is 0.221. The first kappa shape index (κ1) is 41.1. The second-order valence-corrected chi connectivity index (χ2v) is 14.3. The summed E-state index contributed by atoms with van der Waals surface area (Å²) < 4.78 is 60.4. The monoisotopic (exact) mass is 806 g/mol. The van der Waals surface area contributed by atoms with Crippen LogP contribution in [0.15, 0.2) is 139 Å². The van der Waals surface area contributed by atoms with Crippen LogP contribution in [-0.2, 0) is 20.7 Å². The molecule has 0 aromatic heterocycles. The third-order valence-electron chi connectivity index (χ3n) is 8.34. The Labute approximate surface area is 328 Å². The highest BCUT2D eigenvalue weighted by molar-refractivity contribution is 7.86. The minimum Gasteiger partial charge on any atom is -0.505 e. The van der Waals surface area contributed by atoms with Crippen LogP contribution in [0.3, 0.4) is 0 Å². The number of hydrogen-bond acceptors (Lipinski definition) is 14. The number of aryl methyl sites for hydroxylation is 4. The van der Waals surface area contributed by atoms with E-state index < -0.39 is 43.0 Å². The van der Waals surface area contributed by atoms with Gasteiger partial charge < -0.3 is 16.2 Å². The Morgan fingerprint density at radius 1 is 0.649 bits per heavy atom. The number of anilines is 2. The number of azo groups is 3. The number of fused-ring (bicyclic) bond motifs is 1. The molecular weight excluding hydrogens is 773 g/mol. The lowest BCUT2D eigenvalue weighted by Crippen LogP contribution is -2.11. The molecule has 0 spiro atoms. The maximum Gasteiger partial charge on any atom is 0.425 e. The Bertz CT molecular complexity index is 2830. The first-order valence-corrected chi connectivity index (χ1v) is 19.2. The second kappa shape index (κ2) is 17.6. The lowest BCUT2D eigenvalue weighted by Gasteiger charge is -2.11. The van der Waals surface area contributed by atoms with E-state index in [1.807, 2.05) is 63.2 Å². The molecule has 18 heteroatoms. The first-order valence-electron chi connectivity index (χ1n) is 16.7. The summed E-state index contributed by atoms with van der Waals surface area (Å²) in [6, 6.07) is 28.7. The number of amides is 1. The highest BCUT2D eigenvalue weighted by atomic mass is 32.2. The van der Waals surface area contributed by atoms with Gasteiger partial charge in [0.1, 0.15) is 10.6 Å². The van der Waals surface area contributed by atoms with Gasteiger partial charge in [-0.3, -0.25) is 9.35 Å². The Hall–Kier alpha value is -7.02. The predicted molar refractivity (Wildman–Crippen MR) is 215 cm³/mol. The molecule has 5 N–H and O–H groups in total. The Morgan fingerprint density at radius 3 is 1.61 bits per heavy atom. The third-order valence-corrected chi connectivity index (χ3v) is 9.21. The molecule has 1 amide bonds. The van der Waals surface area contributed by atoms with Crippen molar-refractivity contribution in [1.82, 2.24) is 0 Å². The molecule has 0 heterocycles. The van der Waals surface area contributed by atoms with Crippen LogP contribution < -0.4 is 11.1 Å². The van der Waals surface area contributed by atoms with Gasteiger partial charge in [0.25, 0.3) is 16.0 Å². The summed E-state index contributed by atoms with van der Waals surface area (Å²) in [5.74, 6) is -0.942. The highest BCUT2D eigenvalue weighted by Crippen LogP contribution is 2.43. The fourth-order valence-electron chi connectivity index (χ4n) is 5.38. The van der Waals surface area contributed by atoms with Crippen molar-refractivity contribution < 1.29 is 35.5 Å². The maximum atomic E-state index is 12.7. The summed E-state index contributed by atoms with van der Waals surface area (Å²) in [6.07, 6.45) is 0. The van der Waals surface area contributed by atoms with Crippen LogP contribution in [0, 0.1) is 27.7 Å². The van der Waals surface area contributed by atoms with Gasteiger partial charge in [0.05, 0.1) is 28.4 Å². The van der Waals surface area contributed by atoms with Crippen molar-refractivity contribution in [2.24, 2.45) is 30.7 Å². The van der Waals surface area contributed by atoms with Gasteiger partial charge in [-0.25, -0.2) is 0 Å². The van der Waals surface area contributed by atoms with Gasteiger partial charge in [0.2, 0.25) is 0 Å². The summed E-state index contributed by atoms with van der Waals surface area (Å²) in [4.78, 5) is 12.1. The molecular formula is C39H34N8O8S2. The summed E-state index contributed by atoms with van der Waals surface area (Å²) >= 11 is 0. The van der Waals surface area contributed by atoms with E-state index in [1.54, 1.807) is 49.4 Å². The number of phenolic OH excluding ortho intramolecular Hbond substituents is 1. The molecule has 6 aromatic carbocycles. The molecule has 0 aliphatic heterocycles. The molecule has 290 valence electrons. The summed E-state index contributed by atoms with van der Waals surface area (Å²) in [5, 5.41) is 40.3. The van der Waals surface area contributed by atoms with Gasteiger partial charge in [-0.1, -0.05) is 18.2 Å². The van der Waals surface area contributed by atoms with Gasteiger partial charge in [-0.2, -0.15) is 34.0 Å². The van der Waals surface area contributed by atoms with Crippen molar-refractivity contribution in [1.29, 1.82) is 0 Å². The number of nitrogens with two attached hydrogens (primary N) is 1. The lowest BCUT2D eigenvalue weighted by molar-refractivity contribution is 0.102. The third kappa shape index (κ3) is 10.6. The van der Waals surface area contributed by atoms with Crippen molar-refractivity contribution in [2.45, 2.75) is 32.6 Å². The Balaban J connectivity index is 0.00000148. The number of carbonyl (C=O) groups is 1. The number of carbonyl (C=O) groups excluding carboxylic acids is 1. The molecule has 0 aliphatic carbocycles. The van der Waals surface area contributed by atoms with Crippen molar-refractivity contribution in [3.63, 3.8) is 0 Å². The van der Waals surface area contributed by atoms with Gasteiger partial charge in [0, 0.05) is 22.3 Å². The molecule has 57 heavy (non-hydrogen) atoms. The smallest absolute Gasteiger partial charge is 0.425 e. The fraction of sp³-hybridized carbons (Fsp3) is 0.103. The van der Waals surface area contributed by atoms with Crippen LogP contribution in [-0.4, -0.2) is 36.6 Å². The number of nitrogens with one attached hydrogen (secondary N) is 1. The number of phenols is 1. The molecule has 0 radical (unpaired) electrons. The SMILES string of the molecule is Cc1cc(N=Nc2cc(C)c(N=Nc3c(S(=O)(=O)O)cc4cc(NC(=O)c5ccc(N)cc5)ccc4c3O)cc2C)c(C)cc1N=Nc1ccccc1.O=S(=O)=O. The van der Waals surface area contributed by atoms with E-state index in [2.05, 4.69) is 36.0 Å². The van der Waals surface area contributed by atoms with Crippen LogP contribution >= 0.6 is 0 Å². The van der Waals surface area contributed by atoms with Crippen LogP contribution in [0.2, 0.25) is 0 Å². The number of nitrogen functional groups attached to an aromatic ring is 1. The molecule has 0 saturated heterocycles. The zero-order valence-electron chi connectivity index (χ0n) is 30.7. The predicted octanol–water partition coefficient (Wildman–Crippen LogP) is 10.1. The normalized spacial score (nSPS) is 11.6. The molecule has 0 atom stereocenters. The van der Waals surface area contributed by atoms with E-state index in [4.69, 9.17) is 18.4 Å². The van der Waals surface area contributed by atoms with Gasteiger partial charge in [-0.05, 0) is 140 Å². The van der Waals surface area contributed by atoms with E-state index >= 15 is 0 Å². The minimum atomic E-state index is -4.87. The second-order valence-electron chi connectivity index (χ2n) is 12.5. The fourth-order valence-corrected chi connectivity index (χ4v) is 6.04. The van der Waals surface area contributed by atoms with Gasteiger partial charge >= 0.3 is 10.6 Å². The van der Waals surface area contributed by atoms with Crippen molar-refractivity contribution >= 4 is 82.9 Å². The topological polar surface area (TPSA) is 255 Å². The van der Waals surface area contributed by atoms with E-state index in [9.17, 15) is 22.9 Å². The summed E-state index contributed by atoms with van der Waals surface area (Å²) in [5.41, 5.74) is 12.7. The van der Waals surface area contributed by atoms with Crippen LogP contribution in [0.4, 0.5) is 45.5 Å². The van der Waals surface area contributed by atoms with E-state index in [-0.39, 0.29) is 10.8 Å². The van der Waals surface area contributed by atoms with E-state index in [0.717, 1.165) is 28.6 Å². The van der Waals surface area contributed by atoms with E-state index in [0.29, 0.717) is 45.1 Å². The first-order chi connectivity index (χ1) is 27.0. The zero-order chi connectivity index (χ0) is 41.4. The number of aromatic hydroxyl groups is 1. The molecule has 6 rings (SSSR count).